The fourth-order valence-corrected chi connectivity index (χ4v) is 1.56. The van der Waals surface area contributed by atoms with Crippen molar-refractivity contribution in [2.45, 2.75) is 26.2 Å². The third kappa shape index (κ3) is 1.11. The van der Waals surface area contributed by atoms with Crippen LogP contribution in [0.4, 0.5) is 0 Å². The molecule has 1 aromatic rings. The van der Waals surface area contributed by atoms with Gasteiger partial charge in [0.25, 0.3) is 0 Å². The summed E-state index contributed by atoms with van der Waals surface area (Å²) in [6.45, 7) is 2.18. The van der Waals surface area contributed by atoms with E-state index in [0.717, 1.165) is 6.42 Å². The van der Waals surface area contributed by atoms with Gasteiger partial charge in [-0.1, -0.05) is 19.1 Å². The third-order valence-electron chi connectivity index (χ3n) is 2.23. The van der Waals surface area contributed by atoms with Gasteiger partial charge < -0.3 is 4.98 Å². The summed E-state index contributed by atoms with van der Waals surface area (Å²) in [5.41, 5.74) is 4.18. The Morgan fingerprint density at radius 2 is 2.45 bits per heavy atom. The molecule has 0 aliphatic heterocycles. The van der Waals surface area contributed by atoms with Crippen molar-refractivity contribution in [2.75, 3.05) is 0 Å². The molecule has 1 heteroatoms. The number of aryl methyl sites for hydroxylation is 2. The van der Waals surface area contributed by atoms with Gasteiger partial charge in [-0.25, -0.2) is 0 Å². The quantitative estimate of drug-likeness (QED) is 0.628. The van der Waals surface area contributed by atoms with Crippen LogP contribution in [0.2, 0.25) is 0 Å². The SMILES string of the molecule is CCc1cc2c([nH]1)CCC=C2. The van der Waals surface area contributed by atoms with Crippen LogP contribution in [0, 0.1) is 0 Å². The van der Waals surface area contributed by atoms with E-state index in [4.69, 9.17) is 0 Å². The Hall–Kier alpha value is -0.980. The molecular weight excluding hydrogens is 134 g/mol. The molecule has 0 bridgehead atoms. The highest BCUT2D eigenvalue weighted by Crippen LogP contribution is 2.19. The van der Waals surface area contributed by atoms with Gasteiger partial charge in [-0.3, -0.25) is 0 Å². The van der Waals surface area contributed by atoms with Gasteiger partial charge in [0.2, 0.25) is 0 Å². The number of hydrogen-bond donors (Lipinski definition) is 1. The lowest BCUT2D eigenvalue weighted by molar-refractivity contribution is 0.924. The van der Waals surface area contributed by atoms with Crippen molar-refractivity contribution >= 4 is 6.08 Å². The summed E-state index contributed by atoms with van der Waals surface area (Å²) in [4.78, 5) is 3.43. The molecule has 1 aliphatic rings. The van der Waals surface area contributed by atoms with Crippen LogP contribution < -0.4 is 0 Å². The van der Waals surface area contributed by atoms with Crippen molar-refractivity contribution in [1.82, 2.24) is 4.98 Å². The first-order valence-electron chi connectivity index (χ1n) is 4.27. The first-order chi connectivity index (χ1) is 5.40. The van der Waals surface area contributed by atoms with Crippen molar-refractivity contribution < 1.29 is 0 Å². The van der Waals surface area contributed by atoms with Gasteiger partial charge in [0.05, 0.1) is 0 Å². The van der Waals surface area contributed by atoms with Gasteiger partial charge in [0.15, 0.2) is 0 Å². The summed E-state index contributed by atoms with van der Waals surface area (Å²) in [6, 6.07) is 2.25. The lowest BCUT2D eigenvalue weighted by Crippen LogP contribution is -1.90. The van der Waals surface area contributed by atoms with Crippen molar-refractivity contribution in [1.29, 1.82) is 0 Å². The van der Waals surface area contributed by atoms with Crippen molar-refractivity contribution in [3.05, 3.63) is 29.1 Å². The Kier molecular flexibility index (Phi) is 1.57. The fraction of sp³-hybridized carbons (Fsp3) is 0.400. The molecule has 0 saturated heterocycles. The van der Waals surface area contributed by atoms with Crippen LogP contribution in [0.1, 0.15) is 30.3 Å². The summed E-state index contributed by atoms with van der Waals surface area (Å²) in [5, 5.41) is 0. The van der Waals surface area contributed by atoms with E-state index in [1.807, 2.05) is 0 Å². The Morgan fingerprint density at radius 3 is 3.18 bits per heavy atom. The van der Waals surface area contributed by atoms with E-state index in [2.05, 4.69) is 30.1 Å². The molecule has 0 fully saturated rings. The van der Waals surface area contributed by atoms with Gasteiger partial charge in [-0.15, -0.1) is 0 Å². The molecule has 1 N–H and O–H groups in total. The molecule has 0 amide bonds. The van der Waals surface area contributed by atoms with Crippen LogP contribution in [0.5, 0.6) is 0 Å². The molecule has 0 atom stereocenters. The van der Waals surface area contributed by atoms with E-state index in [-0.39, 0.29) is 0 Å². The second kappa shape index (κ2) is 2.57. The maximum atomic E-state index is 3.43. The lowest BCUT2D eigenvalue weighted by atomic mass is 10.1. The number of rotatable bonds is 1. The van der Waals surface area contributed by atoms with E-state index in [9.17, 15) is 0 Å². The Labute approximate surface area is 67.1 Å². The molecule has 0 aromatic carbocycles. The van der Waals surface area contributed by atoms with Crippen LogP contribution in [-0.4, -0.2) is 4.98 Å². The van der Waals surface area contributed by atoms with Crippen LogP contribution >= 0.6 is 0 Å². The van der Waals surface area contributed by atoms with Gasteiger partial charge in [-0.05, 0) is 30.9 Å². The lowest BCUT2D eigenvalue weighted by Gasteiger charge is -2.02. The van der Waals surface area contributed by atoms with E-state index >= 15 is 0 Å². The second-order valence-electron chi connectivity index (χ2n) is 3.02. The van der Waals surface area contributed by atoms with Gasteiger partial charge in [-0.2, -0.15) is 0 Å². The van der Waals surface area contributed by atoms with Crippen molar-refractivity contribution in [3.8, 4) is 0 Å². The molecule has 1 heterocycles. The number of aromatic nitrogens is 1. The largest absolute Gasteiger partial charge is 0.362 e. The number of H-pyrrole nitrogens is 1. The standard InChI is InChI=1S/C10H13N/c1-2-9-7-8-5-3-4-6-10(8)11-9/h3,5,7,11H,2,4,6H2,1H3. The zero-order chi connectivity index (χ0) is 7.68. The summed E-state index contributed by atoms with van der Waals surface area (Å²) in [6.07, 6.45) is 7.95. The highest BCUT2D eigenvalue weighted by Gasteiger charge is 2.06. The molecule has 0 unspecified atom stereocenters. The number of fused-ring (bicyclic) bond motifs is 1. The molecule has 1 aliphatic carbocycles. The monoisotopic (exact) mass is 147 g/mol. The predicted molar refractivity (Wildman–Crippen MR) is 47.5 cm³/mol. The number of hydrogen-bond acceptors (Lipinski definition) is 0. The molecule has 1 aromatic heterocycles. The molecule has 11 heavy (non-hydrogen) atoms. The number of aromatic amines is 1. The zero-order valence-corrected chi connectivity index (χ0v) is 6.85. The summed E-state index contributed by atoms with van der Waals surface area (Å²) in [5.74, 6) is 0. The Morgan fingerprint density at radius 1 is 1.55 bits per heavy atom. The average molecular weight is 147 g/mol. The molecule has 0 radical (unpaired) electrons. The average Bonchev–Trinajstić information content (AvgIpc) is 2.46. The molecule has 0 spiro atoms. The molecule has 0 saturated carbocycles. The molecule has 1 nitrogen and oxygen atoms in total. The van der Waals surface area contributed by atoms with Crippen LogP contribution in [0.15, 0.2) is 12.1 Å². The Bertz CT molecular complexity index is 281. The minimum Gasteiger partial charge on any atom is -0.362 e. The van der Waals surface area contributed by atoms with Crippen molar-refractivity contribution in [3.63, 3.8) is 0 Å². The minimum absolute atomic E-state index is 1.11. The van der Waals surface area contributed by atoms with Crippen LogP contribution in [0.3, 0.4) is 0 Å². The molecule has 58 valence electrons. The highest BCUT2D eigenvalue weighted by atomic mass is 14.7. The van der Waals surface area contributed by atoms with Gasteiger partial charge in [0.1, 0.15) is 0 Å². The minimum atomic E-state index is 1.11. The van der Waals surface area contributed by atoms with E-state index in [1.54, 1.807) is 0 Å². The summed E-state index contributed by atoms with van der Waals surface area (Å²) < 4.78 is 0. The smallest absolute Gasteiger partial charge is 0.0225 e. The number of nitrogens with one attached hydrogen (secondary N) is 1. The Balaban J connectivity index is 2.42. The number of allylic oxidation sites excluding steroid dienone is 1. The summed E-state index contributed by atoms with van der Waals surface area (Å²) >= 11 is 0. The van der Waals surface area contributed by atoms with Crippen LogP contribution in [-0.2, 0) is 12.8 Å². The maximum Gasteiger partial charge on any atom is 0.0225 e. The normalized spacial score (nSPS) is 15.0. The fourth-order valence-electron chi connectivity index (χ4n) is 1.56. The first kappa shape index (κ1) is 6.71. The topological polar surface area (TPSA) is 15.8 Å². The third-order valence-corrected chi connectivity index (χ3v) is 2.23. The van der Waals surface area contributed by atoms with Crippen molar-refractivity contribution in [2.24, 2.45) is 0 Å². The zero-order valence-electron chi connectivity index (χ0n) is 6.85. The molecular formula is C10H13N. The van der Waals surface area contributed by atoms with E-state index < -0.39 is 0 Å². The summed E-state index contributed by atoms with van der Waals surface area (Å²) in [7, 11) is 0. The first-order valence-corrected chi connectivity index (χ1v) is 4.27. The highest BCUT2D eigenvalue weighted by molar-refractivity contribution is 5.55. The molecule has 2 rings (SSSR count). The maximum absolute atomic E-state index is 3.43. The van der Waals surface area contributed by atoms with E-state index in [1.165, 1.54) is 29.8 Å². The van der Waals surface area contributed by atoms with E-state index in [0.29, 0.717) is 0 Å². The predicted octanol–water partition coefficient (Wildman–Crippen LogP) is 2.54. The van der Waals surface area contributed by atoms with Crippen LogP contribution in [0.25, 0.3) is 6.08 Å². The second-order valence-corrected chi connectivity index (χ2v) is 3.02. The van der Waals surface area contributed by atoms with Gasteiger partial charge in [0, 0.05) is 11.4 Å². The van der Waals surface area contributed by atoms with Gasteiger partial charge >= 0.3 is 0 Å².